The average molecular weight is 250 g/mol. The van der Waals surface area contributed by atoms with Crippen molar-refractivity contribution in [3.8, 4) is 0 Å². The van der Waals surface area contributed by atoms with Crippen molar-refractivity contribution in [1.29, 1.82) is 0 Å². The van der Waals surface area contributed by atoms with Crippen molar-refractivity contribution in [3.05, 3.63) is 35.9 Å². The number of rotatable bonds is 5. The van der Waals surface area contributed by atoms with Crippen LogP contribution in [0.2, 0.25) is 0 Å². The third-order valence-electron chi connectivity index (χ3n) is 3.59. The van der Waals surface area contributed by atoms with Crippen molar-refractivity contribution < 1.29 is 19.7 Å². The number of carbonyl (C=O) groups is 1. The molecule has 4 heteroatoms. The van der Waals surface area contributed by atoms with Gasteiger partial charge in [0.2, 0.25) is 0 Å². The van der Waals surface area contributed by atoms with Gasteiger partial charge in [0.25, 0.3) is 0 Å². The third kappa shape index (κ3) is 2.89. The molecule has 1 aliphatic carbocycles. The van der Waals surface area contributed by atoms with Crippen LogP contribution >= 0.6 is 0 Å². The molecule has 0 saturated heterocycles. The van der Waals surface area contributed by atoms with Crippen LogP contribution in [0.3, 0.4) is 0 Å². The van der Waals surface area contributed by atoms with E-state index >= 15 is 0 Å². The first kappa shape index (κ1) is 13.1. The van der Waals surface area contributed by atoms with Crippen molar-refractivity contribution in [1.82, 2.24) is 0 Å². The van der Waals surface area contributed by atoms with E-state index in [1.165, 1.54) is 0 Å². The summed E-state index contributed by atoms with van der Waals surface area (Å²) in [6.07, 6.45) is 0.986. The Balaban J connectivity index is 1.72. The number of hydrogen-bond acceptors (Lipinski definition) is 4. The zero-order chi connectivity index (χ0) is 13.0. The normalized spacial score (nSPS) is 26.4. The minimum Gasteiger partial charge on any atom is -0.462 e. The fourth-order valence-electron chi connectivity index (χ4n) is 2.34. The first-order chi connectivity index (χ1) is 8.72. The van der Waals surface area contributed by atoms with Crippen LogP contribution in [-0.4, -0.2) is 35.5 Å². The first-order valence-corrected chi connectivity index (χ1v) is 6.23. The molecule has 1 fully saturated rings. The molecule has 4 nitrogen and oxygen atoms in total. The summed E-state index contributed by atoms with van der Waals surface area (Å²) in [5.74, 6) is -0.120. The highest BCUT2D eigenvalue weighted by Crippen LogP contribution is 2.36. The minimum atomic E-state index is -0.398. The fourth-order valence-corrected chi connectivity index (χ4v) is 2.34. The highest BCUT2D eigenvalue weighted by Gasteiger charge is 2.38. The van der Waals surface area contributed by atoms with Gasteiger partial charge in [-0.05, 0) is 30.9 Å². The van der Waals surface area contributed by atoms with Gasteiger partial charge in [0.15, 0.2) is 0 Å². The van der Waals surface area contributed by atoms with Crippen LogP contribution in [0.25, 0.3) is 0 Å². The van der Waals surface area contributed by atoms with Crippen molar-refractivity contribution >= 4 is 5.97 Å². The molecule has 0 aliphatic heterocycles. The lowest BCUT2D eigenvalue weighted by Gasteiger charge is -2.40. The number of aliphatic hydroxyl groups is 2. The summed E-state index contributed by atoms with van der Waals surface area (Å²) in [5.41, 5.74) is 0.546. The van der Waals surface area contributed by atoms with Gasteiger partial charge >= 0.3 is 5.97 Å². The van der Waals surface area contributed by atoms with Gasteiger partial charge < -0.3 is 14.9 Å². The summed E-state index contributed by atoms with van der Waals surface area (Å²) in [7, 11) is 0. The Morgan fingerprint density at radius 1 is 1.33 bits per heavy atom. The highest BCUT2D eigenvalue weighted by molar-refractivity contribution is 5.89. The predicted molar refractivity (Wildman–Crippen MR) is 66.0 cm³/mol. The van der Waals surface area contributed by atoms with E-state index in [0.717, 1.165) is 0 Å². The largest absolute Gasteiger partial charge is 0.462 e. The van der Waals surface area contributed by atoms with Gasteiger partial charge in [0, 0.05) is 12.5 Å². The number of hydrogen-bond donors (Lipinski definition) is 2. The van der Waals surface area contributed by atoms with E-state index in [0.29, 0.717) is 25.0 Å². The molecule has 2 N–H and O–H groups in total. The van der Waals surface area contributed by atoms with E-state index in [9.17, 15) is 9.90 Å². The number of benzene rings is 1. The number of aliphatic hydroxyl groups excluding tert-OH is 2. The molecule has 0 amide bonds. The molecule has 0 heterocycles. The molecule has 1 saturated carbocycles. The van der Waals surface area contributed by atoms with E-state index in [1.807, 2.05) is 6.07 Å². The molecule has 0 bridgehead atoms. The van der Waals surface area contributed by atoms with Crippen LogP contribution in [0.15, 0.2) is 30.3 Å². The molecule has 1 aromatic rings. The lowest BCUT2D eigenvalue weighted by Crippen LogP contribution is -2.44. The summed E-state index contributed by atoms with van der Waals surface area (Å²) in [6.45, 7) is 0.333. The lowest BCUT2D eigenvalue weighted by molar-refractivity contribution is -0.0676. The smallest absolute Gasteiger partial charge is 0.338 e. The molecule has 0 radical (unpaired) electrons. The molecule has 0 aromatic heterocycles. The standard InChI is InChI=1S/C14H18O4/c15-9-12-11(8-13(12)16)6-7-18-14(17)10-4-2-1-3-5-10/h1-5,11-13,15-16H,6-9H2/t11-,12+,13-/m0/s1. The fraction of sp³-hybridized carbons (Fsp3) is 0.500. The summed E-state index contributed by atoms with van der Waals surface area (Å²) >= 11 is 0. The van der Waals surface area contributed by atoms with E-state index in [-0.39, 0.29) is 24.4 Å². The zero-order valence-electron chi connectivity index (χ0n) is 10.2. The van der Waals surface area contributed by atoms with E-state index in [1.54, 1.807) is 24.3 Å². The van der Waals surface area contributed by atoms with E-state index in [4.69, 9.17) is 9.84 Å². The summed E-state index contributed by atoms with van der Waals surface area (Å²) in [6, 6.07) is 8.86. The molecular formula is C14H18O4. The van der Waals surface area contributed by atoms with Gasteiger partial charge in [0.05, 0.1) is 18.3 Å². The molecule has 0 unspecified atom stereocenters. The third-order valence-corrected chi connectivity index (χ3v) is 3.59. The van der Waals surface area contributed by atoms with Crippen molar-refractivity contribution in [2.24, 2.45) is 11.8 Å². The number of esters is 1. The Labute approximate surface area is 106 Å². The topological polar surface area (TPSA) is 66.8 Å². The molecular weight excluding hydrogens is 232 g/mol. The zero-order valence-corrected chi connectivity index (χ0v) is 10.2. The summed E-state index contributed by atoms with van der Waals surface area (Å²) in [4.78, 5) is 11.6. The Morgan fingerprint density at radius 3 is 2.67 bits per heavy atom. The number of ether oxygens (including phenoxy) is 1. The SMILES string of the molecule is O=C(OCC[C@H]1C[C@H](O)[C@@H]1CO)c1ccccc1. The van der Waals surface area contributed by atoms with Crippen LogP contribution in [0, 0.1) is 11.8 Å². The van der Waals surface area contributed by atoms with Gasteiger partial charge in [-0.3, -0.25) is 0 Å². The predicted octanol–water partition coefficient (Wildman–Crippen LogP) is 1.22. The quantitative estimate of drug-likeness (QED) is 0.771. The van der Waals surface area contributed by atoms with E-state index in [2.05, 4.69) is 0 Å². The second-order valence-corrected chi connectivity index (χ2v) is 4.70. The Hall–Kier alpha value is -1.39. The Morgan fingerprint density at radius 2 is 2.06 bits per heavy atom. The first-order valence-electron chi connectivity index (χ1n) is 6.23. The maximum absolute atomic E-state index is 11.6. The Kier molecular flexibility index (Phi) is 4.33. The van der Waals surface area contributed by atoms with Crippen LogP contribution < -0.4 is 0 Å². The maximum atomic E-state index is 11.6. The van der Waals surface area contributed by atoms with Crippen LogP contribution in [0.5, 0.6) is 0 Å². The lowest BCUT2D eigenvalue weighted by atomic mass is 9.70. The molecule has 98 valence electrons. The summed E-state index contributed by atoms with van der Waals surface area (Å²) in [5, 5.41) is 18.4. The average Bonchev–Trinajstić information content (AvgIpc) is 2.39. The van der Waals surface area contributed by atoms with Gasteiger partial charge in [-0.2, -0.15) is 0 Å². The highest BCUT2D eigenvalue weighted by atomic mass is 16.5. The molecule has 0 spiro atoms. The van der Waals surface area contributed by atoms with E-state index < -0.39 is 6.10 Å². The van der Waals surface area contributed by atoms with Crippen molar-refractivity contribution in [2.45, 2.75) is 18.9 Å². The van der Waals surface area contributed by atoms with Crippen LogP contribution in [-0.2, 0) is 4.74 Å². The molecule has 1 aliphatic rings. The van der Waals surface area contributed by atoms with Crippen molar-refractivity contribution in [3.63, 3.8) is 0 Å². The van der Waals surface area contributed by atoms with Gasteiger partial charge in [-0.25, -0.2) is 4.79 Å². The van der Waals surface area contributed by atoms with Crippen LogP contribution in [0.1, 0.15) is 23.2 Å². The summed E-state index contributed by atoms with van der Waals surface area (Å²) < 4.78 is 5.16. The van der Waals surface area contributed by atoms with Gasteiger partial charge in [0.1, 0.15) is 0 Å². The van der Waals surface area contributed by atoms with Gasteiger partial charge in [-0.15, -0.1) is 0 Å². The molecule has 2 rings (SSSR count). The maximum Gasteiger partial charge on any atom is 0.338 e. The van der Waals surface area contributed by atoms with Gasteiger partial charge in [-0.1, -0.05) is 18.2 Å². The number of carbonyl (C=O) groups excluding carboxylic acids is 1. The molecule has 18 heavy (non-hydrogen) atoms. The minimum absolute atomic E-state index is 0.00152. The second-order valence-electron chi connectivity index (χ2n) is 4.70. The van der Waals surface area contributed by atoms with Crippen LogP contribution in [0.4, 0.5) is 0 Å². The molecule has 1 aromatic carbocycles. The monoisotopic (exact) mass is 250 g/mol. The van der Waals surface area contributed by atoms with Crippen molar-refractivity contribution in [2.75, 3.05) is 13.2 Å². The Bertz CT molecular complexity index is 390. The molecule has 3 atom stereocenters. The second kappa shape index (κ2) is 5.98.